The molecule has 0 saturated heterocycles. The van der Waals surface area contributed by atoms with E-state index in [0.29, 0.717) is 13.2 Å². The van der Waals surface area contributed by atoms with Gasteiger partial charge in [0.2, 0.25) is 0 Å². The van der Waals surface area contributed by atoms with Crippen LogP contribution in [0.4, 0.5) is 0 Å². The highest BCUT2D eigenvalue weighted by Gasteiger charge is 2.33. The predicted molar refractivity (Wildman–Crippen MR) is 70.9 cm³/mol. The summed E-state index contributed by atoms with van der Waals surface area (Å²) in [7, 11) is 0. The molecule has 1 rings (SSSR count). The van der Waals surface area contributed by atoms with Crippen molar-refractivity contribution in [3.63, 3.8) is 0 Å². The molecule has 0 aromatic carbocycles. The van der Waals surface area contributed by atoms with E-state index < -0.39 is 0 Å². The second-order valence-corrected chi connectivity index (χ2v) is 5.75. The number of ether oxygens (including phenoxy) is 1. The summed E-state index contributed by atoms with van der Waals surface area (Å²) in [5, 5.41) is 8.81. The fraction of sp³-hybridized carbons (Fsp3) is 1.00. The number of nitrogens with two attached hydrogens (primary N) is 1. The molecule has 1 fully saturated rings. The predicted octanol–water partition coefficient (Wildman–Crippen LogP) is 2.32. The first-order valence-electron chi connectivity index (χ1n) is 7.08. The molecule has 2 unspecified atom stereocenters. The van der Waals surface area contributed by atoms with Crippen LogP contribution in [0.25, 0.3) is 0 Å². The maximum Gasteiger partial charge on any atom is 0.0804 e. The van der Waals surface area contributed by atoms with Crippen LogP contribution >= 0.6 is 0 Å². The molecule has 0 aromatic heterocycles. The lowest BCUT2D eigenvalue weighted by Gasteiger charge is -2.32. The van der Waals surface area contributed by atoms with Gasteiger partial charge in [0.05, 0.1) is 5.60 Å². The Bertz CT molecular complexity index is 208. The molecule has 3 nitrogen and oxygen atoms in total. The Morgan fingerprint density at radius 1 is 1.35 bits per heavy atom. The number of aliphatic hydroxyl groups is 1. The average Bonchev–Trinajstić information content (AvgIpc) is 2.53. The van der Waals surface area contributed by atoms with E-state index in [2.05, 4.69) is 13.8 Å². The van der Waals surface area contributed by atoms with E-state index in [0.717, 1.165) is 31.1 Å². The zero-order valence-corrected chi connectivity index (χ0v) is 11.5. The van der Waals surface area contributed by atoms with E-state index in [-0.39, 0.29) is 12.2 Å². The fourth-order valence-corrected chi connectivity index (χ4v) is 2.83. The largest absolute Gasteiger partial charge is 0.396 e. The van der Waals surface area contributed by atoms with Crippen LogP contribution in [0.5, 0.6) is 0 Å². The Labute approximate surface area is 106 Å². The maximum atomic E-state index is 8.81. The van der Waals surface area contributed by atoms with E-state index in [1.54, 1.807) is 0 Å². The summed E-state index contributed by atoms with van der Waals surface area (Å²) in [6.45, 7) is 6.08. The summed E-state index contributed by atoms with van der Waals surface area (Å²) in [6.07, 6.45) is 6.64. The molecular weight excluding hydrogens is 214 g/mol. The van der Waals surface area contributed by atoms with E-state index in [4.69, 9.17) is 15.6 Å². The molecule has 0 heterocycles. The van der Waals surface area contributed by atoms with Gasteiger partial charge in [-0.05, 0) is 37.5 Å². The van der Waals surface area contributed by atoms with E-state index >= 15 is 0 Å². The highest BCUT2D eigenvalue weighted by molar-refractivity contribution is 4.86. The van der Waals surface area contributed by atoms with Gasteiger partial charge in [0.1, 0.15) is 0 Å². The summed E-state index contributed by atoms with van der Waals surface area (Å²) >= 11 is 0. The highest BCUT2D eigenvalue weighted by atomic mass is 16.5. The quantitative estimate of drug-likeness (QED) is 0.556. The molecule has 0 amide bonds. The fourth-order valence-electron chi connectivity index (χ4n) is 2.83. The first kappa shape index (κ1) is 14.9. The third kappa shape index (κ3) is 4.57. The summed E-state index contributed by atoms with van der Waals surface area (Å²) < 4.78 is 5.98. The minimum atomic E-state index is -0.112. The standard InChI is InChI=1S/C14H29NO2/c1-12(2)13-5-3-7-14(11-15,8-6-13)17-10-4-9-16/h12-13,16H,3-11,15H2,1-2H3. The minimum absolute atomic E-state index is 0.112. The Hall–Kier alpha value is -0.120. The maximum absolute atomic E-state index is 8.81. The molecule has 1 saturated carbocycles. The van der Waals surface area contributed by atoms with Gasteiger partial charge in [-0.1, -0.05) is 26.7 Å². The molecule has 0 bridgehead atoms. The van der Waals surface area contributed by atoms with Crippen LogP contribution < -0.4 is 5.73 Å². The highest BCUT2D eigenvalue weighted by Crippen LogP contribution is 2.35. The van der Waals surface area contributed by atoms with Crippen molar-refractivity contribution >= 4 is 0 Å². The number of rotatable bonds is 6. The molecule has 0 aromatic rings. The van der Waals surface area contributed by atoms with E-state index in [1.807, 2.05) is 0 Å². The third-order valence-electron chi connectivity index (χ3n) is 4.20. The first-order valence-corrected chi connectivity index (χ1v) is 7.08. The summed E-state index contributed by atoms with van der Waals surface area (Å²) in [5.41, 5.74) is 5.81. The van der Waals surface area contributed by atoms with Crippen LogP contribution in [0.15, 0.2) is 0 Å². The van der Waals surface area contributed by atoms with Gasteiger partial charge in [-0.25, -0.2) is 0 Å². The van der Waals surface area contributed by atoms with Gasteiger partial charge in [0.15, 0.2) is 0 Å². The second-order valence-electron chi connectivity index (χ2n) is 5.75. The van der Waals surface area contributed by atoms with Gasteiger partial charge in [0.25, 0.3) is 0 Å². The van der Waals surface area contributed by atoms with E-state index in [9.17, 15) is 0 Å². The van der Waals surface area contributed by atoms with Gasteiger partial charge in [-0.15, -0.1) is 0 Å². The zero-order valence-electron chi connectivity index (χ0n) is 11.5. The normalized spacial score (nSPS) is 30.5. The van der Waals surface area contributed by atoms with Crippen LogP contribution in [-0.2, 0) is 4.74 Å². The smallest absolute Gasteiger partial charge is 0.0804 e. The molecule has 3 heteroatoms. The van der Waals surface area contributed by atoms with Gasteiger partial charge in [-0.2, -0.15) is 0 Å². The second kappa shape index (κ2) is 7.34. The zero-order chi connectivity index (χ0) is 12.7. The lowest BCUT2D eigenvalue weighted by atomic mass is 9.88. The van der Waals surface area contributed by atoms with Crippen molar-refractivity contribution in [2.75, 3.05) is 19.8 Å². The van der Waals surface area contributed by atoms with E-state index in [1.165, 1.54) is 19.3 Å². The minimum Gasteiger partial charge on any atom is -0.396 e. The molecule has 17 heavy (non-hydrogen) atoms. The van der Waals surface area contributed by atoms with Crippen LogP contribution in [0.1, 0.15) is 52.4 Å². The van der Waals surface area contributed by atoms with Gasteiger partial charge in [0, 0.05) is 19.8 Å². The average molecular weight is 243 g/mol. The van der Waals surface area contributed by atoms with Gasteiger partial charge < -0.3 is 15.6 Å². The van der Waals surface area contributed by atoms with Crippen LogP contribution in [0.2, 0.25) is 0 Å². The number of aliphatic hydroxyl groups excluding tert-OH is 1. The molecule has 1 aliphatic carbocycles. The van der Waals surface area contributed by atoms with Crippen molar-refractivity contribution in [1.82, 2.24) is 0 Å². The summed E-state index contributed by atoms with van der Waals surface area (Å²) in [4.78, 5) is 0. The Balaban J connectivity index is 2.49. The van der Waals surface area contributed by atoms with Gasteiger partial charge in [-0.3, -0.25) is 0 Å². The van der Waals surface area contributed by atoms with Crippen molar-refractivity contribution in [3.05, 3.63) is 0 Å². The van der Waals surface area contributed by atoms with Crippen molar-refractivity contribution in [2.45, 2.75) is 58.0 Å². The molecule has 0 aliphatic heterocycles. The Kier molecular flexibility index (Phi) is 6.45. The molecular formula is C14H29NO2. The molecule has 2 atom stereocenters. The van der Waals surface area contributed by atoms with Crippen molar-refractivity contribution < 1.29 is 9.84 Å². The lowest BCUT2D eigenvalue weighted by Crippen LogP contribution is -2.40. The molecule has 102 valence electrons. The molecule has 0 radical (unpaired) electrons. The monoisotopic (exact) mass is 243 g/mol. The third-order valence-corrected chi connectivity index (χ3v) is 4.20. The molecule has 3 N–H and O–H groups in total. The van der Waals surface area contributed by atoms with Crippen LogP contribution in [0.3, 0.4) is 0 Å². The molecule has 0 spiro atoms. The van der Waals surface area contributed by atoms with Crippen LogP contribution in [0, 0.1) is 11.8 Å². The topological polar surface area (TPSA) is 55.5 Å². The Morgan fingerprint density at radius 3 is 2.71 bits per heavy atom. The summed E-state index contributed by atoms with van der Waals surface area (Å²) in [5.74, 6) is 1.59. The Morgan fingerprint density at radius 2 is 2.12 bits per heavy atom. The van der Waals surface area contributed by atoms with Crippen molar-refractivity contribution in [1.29, 1.82) is 0 Å². The SMILES string of the molecule is CC(C)C1CCCC(CN)(OCCCO)CC1. The lowest BCUT2D eigenvalue weighted by molar-refractivity contribution is -0.0541. The van der Waals surface area contributed by atoms with Crippen molar-refractivity contribution in [3.8, 4) is 0 Å². The van der Waals surface area contributed by atoms with Crippen molar-refractivity contribution in [2.24, 2.45) is 17.6 Å². The first-order chi connectivity index (χ1) is 8.13. The van der Waals surface area contributed by atoms with Gasteiger partial charge >= 0.3 is 0 Å². The number of hydrogen-bond acceptors (Lipinski definition) is 3. The molecule has 1 aliphatic rings. The van der Waals surface area contributed by atoms with Crippen LogP contribution in [-0.4, -0.2) is 30.5 Å². The summed E-state index contributed by atoms with van der Waals surface area (Å²) in [6, 6.07) is 0. The number of hydrogen-bond donors (Lipinski definition) is 2.